The molecule has 0 saturated carbocycles. The number of nitrogens with one attached hydrogen (secondary N) is 1. The predicted octanol–water partition coefficient (Wildman–Crippen LogP) is 1.94. The fraction of sp³-hybridized carbons (Fsp3) is 0.667. The largest absolute Gasteiger partial charge is 0.404 e. The molecule has 1 heterocycles. The first-order valence-corrected chi connectivity index (χ1v) is 6.02. The third-order valence-corrected chi connectivity index (χ3v) is 2.60. The number of nitrogens with zero attached hydrogens (tertiary/aromatic N) is 3. The van der Waals surface area contributed by atoms with Crippen molar-refractivity contribution in [3.8, 4) is 0 Å². The van der Waals surface area contributed by atoms with Gasteiger partial charge < -0.3 is 15.4 Å². The van der Waals surface area contributed by atoms with Crippen LogP contribution in [0.4, 0.5) is 5.82 Å². The molecule has 0 radical (unpaired) electrons. The fourth-order valence-corrected chi connectivity index (χ4v) is 1.75. The molecule has 90 valence electrons. The molecule has 7 heteroatoms. The van der Waals surface area contributed by atoms with Crippen LogP contribution in [0.15, 0.2) is 10.7 Å². The average Bonchev–Trinajstić information content (AvgIpc) is 2.59. The van der Waals surface area contributed by atoms with Crippen molar-refractivity contribution < 1.29 is 4.92 Å². The SMILES string of the molecule is CCCNCCCn1cc(Br)c([N+](=O)[O-])n1. The molecule has 0 atom stereocenters. The van der Waals surface area contributed by atoms with E-state index in [2.05, 4.69) is 33.3 Å². The lowest BCUT2D eigenvalue weighted by molar-refractivity contribution is -0.390. The van der Waals surface area contributed by atoms with Crippen LogP contribution in [-0.4, -0.2) is 27.8 Å². The summed E-state index contributed by atoms with van der Waals surface area (Å²) in [5.41, 5.74) is 0. The van der Waals surface area contributed by atoms with Gasteiger partial charge >= 0.3 is 5.82 Å². The van der Waals surface area contributed by atoms with Crippen LogP contribution >= 0.6 is 15.9 Å². The van der Waals surface area contributed by atoms with E-state index in [0.717, 1.165) is 25.9 Å². The quantitative estimate of drug-likeness (QED) is 0.473. The van der Waals surface area contributed by atoms with E-state index < -0.39 is 4.92 Å². The van der Waals surface area contributed by atoms with Crippen molar-refractivity contribution >= 4 is 21.7 Å². The summed E-state index contributed by atoms with van der Waals surface area (Å²) >= 11 is 3.11. The Labute approximate surface area is 102 Å². The molecule has 0 aliphatic rings. The van der Waals surface area contributed by atoms with E-state index in [1.165, 1.54) is 0 Å². The highest BCUT2D eigenvalue weighted by Crippen LogP contribution is 2.21. The highest BCUT2D eigenvalue weighted by molar-refractivity contribution is 9.10. The van der Waals surface area contributed by atoms with E-state index in [4.69, 9.17) is 0 Å². The van der Waals surface area contributed by atoms with Gasteiger partial charge in [-0.05, 0) is 46.8 Å². The van der Waals surface area contributed by atoms with Crippen molar-refractivity contribution in [3.63, 3.8) is 0 Å². The molecule has 1 rings (SSSR count). The number of aromatic nitrogens is 2. The number of rotatable bonds is 7. The van der Waals surface area contributed by atoms with Crippen molar-refractivity contribution in [3.05, 3.63) is 20.8 Å². The van der Waals surface area contributed by atoms with E-state index in [9.17, 15) is 10.1 Å². The molecule has 1 aromatic heterocycles. The topological polar surface area (TPSA) is 73.0 Å². The smallest absolute Gasteiger partial charge is 0.358 e. The van der Waals surface area contributed by atoms with Gasteiger partial charge in [-0.15, -0.1) is 0 Å². The lowest BCUT2D eigenvalue weighted by Crippen LogP contribution is -2.17. The van der Waals surface area contributed by atoms with Gasteiger partial charge in [0.25, 0.3) is 0 Å². The second kappa shape index (κ2) is 6.59. The van der Waals surface area contributed by atoms with Crippen LogP contribution in [0.25, 0.3) is 0 Å². The normalized spacial score (nSPS) is 10.6. The molecule has 0 spiro atoms. The molecule has 0 amide bonds. The van der Waals surface area contributed by atoms with Gasteiger partial charge in [0.1, 0.15) is 4.47 Å². The lowest BCUT2D eigenvalue weighted by Gasteiger charge is -2.00. The molecular formula is C9H15BrN4O2. The first-order chi connectivity index (χ1) is 7.65. The van der Waals surface area contributed by atoms with Gasteiger partial charge in [0.15, 0.2) is 0 Å². The summed E-state index contributed by atoms with van der Waals surface area (Å²) in [6.45, 7) is 4.70. The molecule has 1 N–H and O–H groups in total. The molecule has 6 nitrogen and oxygen atoms in total. The maximum atomic E-state index is 10.5. The maximum Gasteiger partial charge on any atom is 0.404 e. The van der Waals surface area contributed by atoms with Crippen molar-refractivity contribution in [2.75, 3.05) is 13.1 Å². The number of hydrogen-bond acceptors (Lipinski definition) is 4. The first kappa shape index (κ1) is 13.1. The minimum Gasteiger partial charge on any atom is -0.358 e. The Morgan fingerprint density at radius 3 is 2.94 bits per heavy atom. The van der Waals surface area contributed by atoms with Crippen LogP contribution in [-0.2, 0) is 6.54 Å². The van der Waals surface area contributed by atoms with Crippen molar-refractivity contribution in [2.45, 2.75) is 26.3 Å². The number of aryl methyl sites for hydroxylation is 1. The van der Waals surface area contributed by atoms with Gasteiger partial charge in [0.05, 0.1) is 17.8 Å². The zero-order chi connectivity index (χ0) is 12.0. The Bertz CT molecular complexity index is 353. The van der Waals surface area contributed by atoms with Crippen LogP contribution in [0.1, 0.15) is 19.8 Å². The van der Waals surface area contributed by atoms with E-state index in [1.54, 1.807) is 10.9 Å². The van der Waals surface area contributed by atoms with Gasteiger partial charge in [-0.25, -0.2) is 0 Å². The third-order valence-electron chi connectivity index (χ3n) is 2.04. The molecular weight excluding hydrogens is 276 g/mol. The monoisotopic (exact) mass is 290 g/mol. The molecule has 0 saturated heterocycles. The third kappa shape index (κ3) is 3.90. The second-order valence-electron chi connectivity index (χ2n) is 3.42. The maximum absolute atomic E-state index is 10.5. The van der Waals surface area contributed by atoms with E-state index >= 15 is 0 Å². The molecule has 0 aromatic carbocycles. The van der Waals surface area contributed by atoms with E-state index in [-0.39, 0.29) is 5.82 Å². The van der Waals surface area contributed by atoms with Gasteiger partial charge in [0.2, 0.25) is 0 Å². The zero-order valence-corrected chi connectivity index (χ0v) is 10.7. The molecule has 0 fully saturated rings. The average molecular weight is 291 g/mol. The van der Waals surface area contributed by atoms with Crippen molar-refractivity contribution in [1.82, 2.24) is 15.1 Å². The fourth-order valence-electron chi connectivity index (χ4n) is 1.29. The zero-order valence-electron chi connectivity index (χ0n) is 9.15. The van der Waals surface area contributed by atoms with Gasteiger partial charge in [-0.1, -0.05) is 6.92 Å². The number of halogens is 1. The minimum atomic E-state index is -0.490. The van der Waals surface area contributed by atoms with Crippen LogP contribution in [0.2, 0.25) is 0 Å². The summed E-state index contributed by atoms with van der Waals surface area (Å²) in [4.78, 5) is 10.0. The first-order valence-electron chi connectivity index (χ1n) is 5.23. The summed E-state index contributed by atoms with van der Waals surface area (Å²) in [5, 5.41) is 17.7. The lowest BCUT2D eigenvalue weighted by atomic mass is 10.4. The molecule has 0 aliphatic heterocycles. The van der Waals surface area contributed by atoms with Gasteiger partial charge in [-0.3, -0.25) is 0 Å². The highest BCUT2D eigenvalue weighted by Gasteiger charge is 2.17. The second-order valence-corrected chi connectivity index (χ2v) is 4.28. The summed E-state index contributed by atoms with van der Waals surface area (Å²) in [5.74, 6) is -0.124. The number of nitro groups is 1. The molecule has 0 bridgehead atoms. The minimum absolute atomic E-state index is 0.124. The van der Waals surface area contributed by atoms with Crippen molar-refractivity contribution in [2.24, 2.45) is 0 Å². The molecule has 0 aliphatic carbocycles. The Hall–Kier alpha value is -0.950. The summed E-state index contributed by atoms with van der Waals surface area (Å²) in [6.07, 6.45) is 3.65. The Balaban J connectivity index is 2.37. The van der Waals surface area contributed by atoms with Crippen LogP contribution in [0.5, 0.6) is 0 Å². The van der Waals surface area contributed by atoms with E-state index in [1.807, 2.05) is 0 Å². The summed E-state index contributed by atoms with van der Waals surface area (Å²) in [6, 6.07) is 0. The summed E-state index contributed by atoms with van der Waals surface area (Å²) in [7, 11) is 0. The van der Waals surface area contributed by atoms with Gasteiger partial charge in [-0.2, -0.15) is 4.68 Å². The summed E-state index contributed by atoms with van der Waals surface area (Å²) < 4.78 is 2.02. The van der Waals surface area contributed by atoms with E-state index in [0.29, 0.717) is 11.0 Å². The Morgan fingerprint density at radius 1 is 1.62 bits per heavy atom. The van der Waals surface area contributed by atoms with Crippen LogP contribution < -0.4 is 5.32 Å². The Morgan fingerprint density at radius 2 is 2.38 bits per heavy atom. The van der Waals surface area contributed by atoms with Crippen molar-refractivity contribution in [1.29, 1.82) is 0 Å². The Kier molecular flexibility index (Phi) is 5.41. The molecule has 1 aromatic rings. The highest BCUT2D eigenvalue weighted by atomic mass is 79.9. The predicted molar refractivity (Wildman–Crippen MR) is 64.4 cm³/mol. The van der Waals surface area contributed by atoms with Crippen LogP contribution in [0, 0.1) is 10.1 Å². The molecule has 0 unspecified atom stereocenters. The number of hydrogen-bond donors (Lipinski definition) is 1. The van der Waals surface area contributed by atoms with Gasteiger partial charge in [0, 0.05) is 0 Å². The molecule has 16 heavy (non-hydrogen) atoms. The van der Waals surface area contributed by atoms with Crippen LogP contribution in [0.3, 0.4) is 0 Å². The standard InChI is InChI=1S/C9H15BrN4O2/c1-2-4-11-5-3-6-13-7-8(10)9(12-13)14(15)16/h7,11H,2-6H2,1H3.